The van der Waals surface area contributed by atoms with E-state index in [1.54, 1.807) is 18.2 Å². The number of halogens is 3. The number of hydrogen-bond acceptors (Lipinski definition) is 4. The third-order valence-electron chi connectivity index (χ3n) is 6.67. The molecule has 1 fully saturated rings. The first-order valence-corrected chi connectivity index (χ1v) is 12.0. The maximum Gasteiger partial charge on any atom is 0.265 e. The quantitative estimate of drug-likeness (QED) is 0.248. The third kappa shape index (κ3) is 5.41. The van der Waals surface area contributed by atoms with Crippen molar-refractivity contribution < 1.29 is 13.6 Å². The van der Waals surface area contributed by atoms with Gasteiger partial charge in [0, 0.05) is 41.7 Å². The molecule has 8 heteroatoms. The lowest BCUT2D eigenvalue weighted by Gasteiger charge is -2.47. The molecule has 5 nitrogen and oxygen atoms in total. The van der Waals surface area contributed by atoms with Crippen LogP contribution in [0.3, 0.4) is 0 Å². The second-order valence-corrected chi connectivity index (χ2v) is 10.1. The molecule has 4 rings (SSSR count). The van der Waals surface area contributed by atoms with Crippen molar-refractivity contribution in [2.24, 2.45) is 11.8 Å². The largest absolute Gasteiger partial charge is 0.298 e. The number of nitrogens with two attached hydrogens (primary N) is 1. The highest BCUT2D eigenvalue weighted by atomic mass is 35.5. The lowest BCUT2D eigenvalue weighted by molar-refractivity contribution is 0.0213. The monoisotopic (exact) mass is 508 g/mol. The fourth-order valence-corrected chi connectivity index (χ4v) is 5.33. The Kier molecular flexibility index (Phi) is 7.41. The van der Waals surface area contributed by atoms with E-state index in [-0.39, 0.29) is 11.5 Å². The van der Waals surface area contributed by atoms with Gasteiger partial charge in [-0.3, -0.25) is 15.1 Å². The lowest BCUT2D eigenvalue weighted by Crippen LogP contribution is -2.52. The molecule has 3 aromatic rings. The Morgan fingerprint density at radius 1 is 1.22 bits per heavy atom. The van der Waals surface area contributed by atoms with Gasteiger partial charge in [-0.15, -0.1) is 0 Å². The molecule has 3 N–H and O–H groups in total. The van der Waals surface area contributed by atoms with Crippen LogP contribution in [0.15, 0.2) is 60.7 Å². The van der Waals surface area contributed by atoms with Gasteiger partial charge < -0.3 is 0 Å². The summed E-state index contributed by atoms with van der Waals surface area (Å²) in [6.45, 7) is 4.70. The summed E-state index contributed by atoms with van der Waals surface area (Å²) in [5, 5.41) is 10.3. The van der Waals surface area contributed by atoms with Crippen molar-refractivity contribution in [3.8, 4) is 17.2 Å². The topological polar surface area (TPSA) is 82.2 Å². The molecule has 1 saturated heterocycles. The molecule has 1 aliphatic heterocycles. The summed E-state index contributed by atoms with van der Waals surface area (Å²) in [7, 11) is 0. The van der Waals surface area contributed by atoms with Crippen molar-refractivity contribution in [3.63, 3.8) is 0 Å². The van der Waals surface area contributed by atoms with Gasteiger partial charge in [-0.1, -0.05) is 35.9 Å². The Labute approximate surface area is 214 Å². The van der Waals surface area contributed by atoms with Crippen LogP contribution in [-0.4, -0.2) is 29.6 Å². The van der Waals surface area contributed by atoms with E-state index in [0.717, 1.165) is 22.8 Å². The molecular weight excluding hydrogens is 482 g/mol. The summed E-state index contributed by atoms with van der Waals surface area (Å²) < 4.78 is 29.8. The first-order valence-electron chi connectivity index (χ1n) is 11.6. The van der Waals surface area contributed by atoms with Crippen LogP contribution in [0, 0.1) is 23.1 Å². The van der Waals surface area contributed by atoms with Crippen molar-refractivity contribution in [2.45, 2.75) is 32.0 Å². The van der Waals surface area contributed by atoms with Gasteiger partial charge in [0.1, 0.15) is 11.5 Å². The van der Waals surface area contributed by atoms with E-state index in [9.17, 15) is 14.4 Å². The number of hydrazine groups is 1. The number of hydrogen-bond donors (Lipinski definition) is 2. The number of carbonyl (C=O) groups excluding carboxylic acids is 1. The molecule has 36 heavy (non-hydrogen) atoms. The van der Waals surface area contributed by atoms with Crippen molar-refractivity contribution in [2.75, 3.05) is 13.1 Å². The molecule has 1 amide bonds. The summed E-state index contributed by atoms with van der Waals surface area (Å²) in [5.41, 5.74) is 4.15. The van der Waals surface area contributed by atoms with Crippen LogP contribution >= 0.6 is 11.6 Å². The number of nitrogens with zero attached hydrogens (tertiary/aromatic N) is 2. The molecular formula is C28H27ClF2N4O. The number of nitriles is 1. The molecule has 0 aliphatic carbocycles. The predicted molar refractivity (Wildman–Crippen MR) is 136 cm³/mol. The number of alkyl halides is 1. The molecule has 0 radical (unpaired) electrons. The van der Waals surface area contributed by atoms with Crippen molar-refractivity contribution >= 4 is 17.5 Å². The summed E-state index contributed by atoms with van der Waals surface area (Å²) in [6, 6.07) is 19.1. The molecule has 3 aromatic carbocycles. The third-order valence-corrected chi connectivity index (χ3v) is 6.92. The van der Waals surface area contributed by atoms with E-state index in [2.05, 4.69) is 11.0 Å². The molecule has 1 atom stereocenters. The second kappa shape index (κ2) is 10.4. The summed E-state index contributed by atoms with van der Waals surface area (Å²) in [4.78, 5) is 14.2. The number of likely N-dealkylation sites (tertiary alicyclic amines) is 1. The molecule has 0 aromatic heterocycles. The first kappa shape index (κ1) is 25.8. The number of benzene rings is 3. The van der Waals surface area contributed by atoms with Gasteiger partial charge in [0.05, 0.1) is 11.6 Å². The molecule has 1 heterocycles. The SMILES string of the molecule is CC(C)(F)[C@H](c1cc(F)cc(C(=O)NN)c1)C1CN(Cc2cccc(C#N)c2-c2ccc(Cl)cc2)C1. The Hall–Kier alpha value is -3.31. The van der Waals surface area contributed by atoms with E-state index in [1.165, 1.54) is 26.0 Å². The average molecular weight is 509 g/mol. The van der Waals surface area contributed by atoms with Gasteiger partial charge in [0.15, 0.2) is 0 Å². The minimum absolute atomic E-state index is 0.0545. The van der Waals surface area contributed by atoms with Crippen molar-refractivity contribution in [1.29, 1.82) is 5.26 Å². The molecule has 0 spiro atoms. The Bertz CT molecular complexity index is 1310. The van der Waals surface area contributed by atoms with E-state index < -0.39 is 23.3 Å². The summed E-state index contributed by atoms with van der Waals surface area (Å²) in [5.74, 6) is 3.26. The van der Waals surface area contributed by atoms with Crippen LogP contribution in [0.1, 0.15) is 46.8 Å². The minimum Gasteiger partial charge on any atom is -0.298 e. The van der Waals surface area contributed by atoms with Gasteiger partial charge in [-0.05, 0) is 72.9 Å². The fourth-order valence-electron chi connectivity index (χ4n) is 5.21. The van der Waals surface area contributed by atoms with Gasteiger partial charge in [0.25, 0.3) is 5.91 Å². The summed E-state index contributed by atoms with van der Waals surface area (Å²) >= 11 is 6.05. The zero-order valence-corrected chi connectivity index (χ0v) is 20.8. The van der Waals surface area contributed by atoms with Crippen LogP contribution < -0.4 is 11.3 Å². The van der Waals surface area contributed by atoms with Crippen LogP contribution in [0.5, 0.6) is 0 Å². The maximum atomic E-state index is 15.4. The van der Waals surface area contributed by atoms with Gasteiger partial charge in [-0.2, -0.15) is 5.26 Å². The average Bonchev–Trinajstić information content (AvgIpc) is 2.81. The molecule has 1 aliphatic rings. The number of rotatable bonds is 7. The van der Waals surface area contributed by atoms with E-state index in [1.807, 2.05) is 29.7 Å². The highest BCUT2D eigenvalue weighted by Crippen LogP contribution is 2.43. The van der Waals surface area contributed by atoms with Crippen molar-refractivity contribution in [3.05, 3.63) is 93.8 Å². The van der Waals surface area contributed by atoms with Gasteiger partial charge in [-0.25, -0.2) is 14.6 Å². The lowest BCUT2D eigenvalue weighted by atomic mass is 9.72. The number of nitrogen functional groups attached to an aromatic ring is 1. The predicted octanol–water partition coefficient (Wildman–Crippen LogP) is 5.58. The Morgan fingerprint density at radius 3 is 2.53 bits per heavy atom. The molecule has 186 valence electrons. The number of nitrogens with one attached hydrogen (secondary N) is 1. The van der Waals surface area contributed by atoms with E-state index in [4.69, 9.17) is 17.4 Å². The van der Waals surface area contributed by atoms with Crippen LogP contribution in [0.25, 0.3) is 11.1 Å². The number of amides is 1. The smallest absolute Gasteiger partial charge is 0.265 e. The molecule has 0 unspecified atom stereocenters. The fraction of sp³-hybridized carbons (Fsp3) is 0.286. The van der Waals surface area contributed by atoms with E-state index in [0.29, 0.717) is 35.8 Å². The van der Waals surface area contributed by atoms with Crippen molar-refractivity contribution in [1.82, 2.24) is 10.3 Å². The highest BCUT2D eigenvalue weighted by molar-refractivity contribution is 6.30. The number of carbonyl (C=O) groups is 1. The normalized spacial score (nSPS) is 15.1. The standard InChI is InChI=1S/C28H27ClF2N4O/c1-28(2,31)26(20-10-21(27(36)34-33)12-24(30)11-20)22-15-35(16-22)14-19-5-3-4-18(13-32)25(19)17-6-8-23(29)9-7-17/h3-12,22,26H,14-16,33H2,1-2H3,(H,34,36)/t26-/m1/s1. The summed E-state index contributed by atoms with van der Waals surface area (Å²) in [6.07, 6.45) is 0. The highest BCUT2D eigenvalue weighted by Gasteiger charge is 2.43. The van der Waals surface area contributed by atoms with Crippen LogP contribution in [-0.2, 0) is 6.54 Å². The molecule has 0 saturated carbocycles. The Morgan fingerprint density at radius 2 is 1.92 bits per heavy atom. The van der Waals surface area contributed by atoms with Gasteiger partial charge >= 0.3 is 0 Å². The zero-order chi connectivity index (χ0) is 26.0. The minimum atomic E-state index is -1.64. The van der Waals surface area contributed by atoms with Gasteiger partial charge in [0.2, 0.25) is 0 Å². The zero-order valence-electron chi connectivity index (χ0n) is 20.1. The maximum absolute atomic E-state index is 15.4. The Balaban J connectivity index is 1.58. The van der Waals surface area contributed by atoms with Crippen LogP contribution in [0.4, 0.5) is 8.78 Å². The van der Waals surface area contributed by atoms with Crippen LogP contribution in [0.2, 0.25) is 5.02 Å². The second-order valence-electron chi connectivity index (χ2n) is 9.70. The first-order chi connectivity index (χ1) is 17.1. The van der Waals surface area contributed by atoms with E-state index >= 15 is 4.39 Å². The molecule has 0 bridgehead atoms.